The van der Waals surface area contributed by atoms with E-state index in [0.29, 0.717) is 26.3 Å². The van der Waals surface area contributed by atoms with E-state index in [9.17, 15) is 4.79 Å². The number of carbonyl (C=O) groups is 1. The van der Waals surface area contributed by atoms with Crippen molar-refractivity contribution in [3.05, 3.63) is 34.9 Å². The summed E-state index contributed by atoms with van der Waals surface area (Å²) in [4.78, 5) is 14.2. The summed E-state index contributed by atoms with van der Waals surface area (Å²) >= 11 is 6.20. The number of carbonyl (C=O) groups excluding carboxylic acids is 1. The molecule has 1 aromatic rings. The molecule has 1 N–H and O–H groups in total. The number of nitrogens with zero attached hydrogens (tertiary/aromatic N) is 1. The van der Waals surface area contributed by atoms with E-state index in [4.69, 9.17) is 21.1 Å². The Bertz CT molecular complexity index is 574. The van der Waals surface area contributed by atoms with Crippen LogP contribution in [0.5, 0.6) is 0 Å². The Kier molecular flexibility index (Phi) is 7.11. The minimum atomic E-state index is -0.492. The Morgan fingerprint density at radius 3 is 2.84 bits per heavy atom. The molecule has 1 aromatic carbocycles. The van der Waals surface area contributed by atoms with Gasteiger partial charge in [-0.1, -0.05) is 29.8 Å². The van der Waals surface area contributed by atoms with Crippen LogP contribution in [0.15, 0.2) is 24.3 Å². The highest BCUT2D eigenvalue weighted by Crippen LogP contribution is 2.19. The maximum atomic E-state index is 12.4. The Hall–Kier alpha value is -1.30. The molecule has 1 saturated heterocycles. The van der Waals surface area contributed by atoms with Gasteiger partial charge in [-0.05, 0) is 45.7 Å². The lowest BCUT2D eigenvalue weighted by Crippen LogP contribution is -2.52. The molecule has 2 atom stereocenters. The highest BCUT2D eigenvalue weighted by atomic mass is 35.5. The van der Waals surface area contributed by atoms with Crippen LogP contribution in [-0.4, -0.2) is 48.4 Å². The number of hydrogen-bond acceptors (Lipinski definition) is 4. The van der Waals surface area contributed by atoms with Crippen LogP contribution in [-0.2, 0) is 16.0 Å². The minimum Gasteiger partial charge on any atom is -0.444 e. The number of morpholine rings is 1. The van der Waals surface area contributed by atoms with Gasteiger partial charge in [0.25, 0.3) is 0 Å². The first-order chi connectivity index (χ1) is 11.8. The lowest BCUT2D eigenvalue weighted by molar-refractivity contribution is -0.0356. The van der Waals surface area contributed by atoms with Crippen LogP contribution in [0.3, 0.4) is 0 Å². The van der Waals surface area contributed by atoms with E-state index in [1.54, 1.807) is 4.90 Å². The molecule has 5 nitrogen and oxygen atoms in total. The van der Waals surface area contributed by atoms with Gasteiger partial charge in [0.05, 0.1) is 19.3 Å². The molecule has 1 fully saturated rings. The molecule has 0 saturated carbocycles. The van der Waals surface area contributed by atoms with Crippen LogP contribution in [0.2, 0.25) is 5.02 Å². The molecule has 2 rings (SSSR count). The van der Waals surface area contributed by atoms with Crippen molar-refractivity contribution in [2.45, 2.75) is 58.3 Å². The van der Waals surface area contributed by atoms with Gasteiger partial charge in [0.15, 0.2) is 0 Å². The SMILES string of the molecule is CC(CC1COCCN1C(=O)OC(C)(C)C)NCc1ccccc1Cl. The van der Waals surface area contributed by atoms with Crippen LogP contribution < -0.4 is 5.32 Å². The molecule has 0 spiro atoms. The van der Waals surface area contributed by atoms with E-state index < -0.39 is 5.60 Å². The second-order valence-corrected chi connectivity index (χ2v) is 7.92. The van der Waals surface area contributed by atoms with E-state index in [-0.39, 0.29) is 18.2 Å². The summed E-state index contributed by atoms with van der Waals surface area (Å²) in [6.07, 6.45) is 0.531. The summed E-state index contributed by atoms with van der Waals surface area (Å²) in [5.41, 5.74) is 0.577. The van der Waals surface area contributed by atoms with E-state index in [1.807, 2.05) is 45.0 Å². The quantitative estimate of drug-likeness (QED) is 0.857. The van der Waals surface area contributed by atoms with Crippen LogP contribution >= 0.6 is 11.6 Å². The summed E-state index contributed by atoms with van der Waals surface area (Å²) in [5, 5.41) is 4.24. The second kappa shape index (κ2) is 8.88. The highest BCUT2D eigenvalue weighted by molar-refractivity contribution is 6.31. The second-order valence-electron chi connectivity index (χ2n) is 7.51. The number of rotatable bonds is 5. The third kappa shape index (κ3) is 6.49. The maximum absolute atomic E-state index is 12.4. The maximum Gasteiger partial charge on any atom is 0.410 e. The van der Waals surface area contributed by atoms with Crippen LogP contribution in [0.4, 0.5) is 4.79 Å². The summed E-state index contributed by atoms with van der Waals surface area (Å²) in [5.74, 6) is 0. The average Bonchev–Trinajstić information content (AvgIpc) is 2.53. The molecule has 25 heavy (non-hydrogen) atoms. The summed E-state index contributed by atoms with van der Waals surface area (Å²) in [6.45, 7) is 10.1. The molecule has 1 heterocycles. The van der Waals surface area contributed by atoms with Crippen molar-refractivity contribution in [3.8, 4) is 0 Å². The fourth-order valence-electron chi connectivity index (χ4n) is 2.83. The fraction of sp³-hybridized carbons (Fsp3) is 0.632. The van der Waals surface area contributed by atoms with Crippen molar-refractivity contribution in [1.29, 1.82) is 0 Å². The predicted molar refractivity (Wildman–Crippen MR) is 99.9 cm³/mol. The first-order valence-corrected chi connectivity index (χ1v) is 9.18. The van der Waals surface area contributed by atoms with E-state index in [1.165, 1.54) is 0 Å². The molecule has 1 amide bonds. The Morgan fingerprint density at radius 1 is 1.44 bits per heavy atom. The topological polar surface area (TPSA) is 50.8 Å². The van der Waals surface area contributed by atoms with E-state index in [0.717, 1.165) is 17.0 Å². The van der Waals surface area contributed by atoms with Crippen LogP contribution in [0.1, 0.15) is 39.7 Å². The smallest absolute Gasteiger partial charge is 0.410 e. The zero-order valence-corrected chi connectivity index (χ0v) is 16.3. The van der Waals surface area contributed by atoms with Crippen molar-refractivity contribution in [2.24, 2.45) is 0 Å². The van der Waals surface area contributed by atoms with Gasteiger partial charge in [-0.25, -0.2) is 4.79 Å². The lowest BCUT2D eigenvalue weighted by atomic mass is 10.1. The van der Waals surface area contributed by atoms with Crippen LogP contribution in [0, 0.1) is 0 Å². The van der Waals surface area contributed by atoms with E-state index >= 15 is 0 Å². The number of benzene rings is 1. The van der Waals surface area contributed by atoms with Gasteiger partial charge < -0.3 is 19.7 Å². The molecule has 6 heteroatoms. The van der Waals surface area contributed by atoms with Gasteiger partial charge >= 0.3 is 6.09 Å². The first-order valence-electron chi connectivity index (χ1n) is 8.80. The number of ether oxygens (including phenoxy) is 2. The zero-order chi connectivity index (χ0) is 18.4. The molecular formula is C19H29ClN2O3. The molecule has 0 bridgehead atoms. The zero-order valence-electron chi connectivity index (χ0n) is 15.5. The van der Waals surface area contributed by atoms with E-state index in [2.05, 4.69) is 12.2 Å². The molecule has 2 unspecified atom stereocenters. The molecule has 140 valence electrons. The molecule has 1 aliphatic heterocycles. The van der Waals surface area contributed by atoms with Gasteiger partial charge in [0.1, 0.15) is 5.60 Å². The summed E-state index contributed by atoms with van der Waals surface area (Å²) in [6, 6.07) is 8.03. The van der Waals surface area contributed by atoms with Crippen molar-refractivity contribution in [2.75, 3.05) is 19.8 Å². The molecule has 0 aromatic heterocycles. The van der Waals surface area contributed by atoms with Gasteiger partial charge in [-0.3, -0.25) is 0 Å². The highest BCUT2D eigenvalue weighted by Gasteiger charge is 2.31. The Balaban J connectivity index is 1.89. The lowest BCUT2D eigenvalue weighted by Gasteiger charge is -2.37. The number of hydrogen-bond donors (Lipinski definition) is 1. The summed E-state index contributed by atoms with van der Waals surface area (Å²) in [7, 11) is 0. The monoisotopic (exact) mass is 368 g/mol. The molecule has 1 aliphatic rings. The van der Waals surface area contributed by atoms with Crippen molar-refractivity contribution in [1.82, 2.24) is 10.2 Å². The molecule has 0 aliphatic carbocycles. The fourth-order valence-corrected chi connectivity index (χ4v) is 3.03. The number of nitrogens with one attached hydrogen (secondary N) is 1. The predicted octanol–water partition coefficient (Wildman–Crippen LogP) is 3.84. The molecule has 0 radical (unpaired) electrons. The van der Waals surface area contributed by atoms with Gasteiger partial charge in [-0.15, -0.1) is 0 Å². The van der Waals surface area contributed by atoms with Gasteiger partial charge in [-0.2, -0.15) is 0 Å². The standard InChI is InChI=1S/C19H29ClN2O3/c1-14(21-12-15-7-5-6-8-17(15)20)11-16-13-24-10-9-22(16)18(23)25-19(2,3)4/h5-8,14,16,21H,9-13H2,1-4H3. The van der Waals surface area contributed by atoms with Crippen molar-refractivity contribution in [3.63, 3.8) is 0 Å². The average molecular weight is 369 g/mol. The van der Waals surface area contributed by atoms with Gasteiger partial charge in [0, 0.05) is 24.2 Å². The third-order valence-electron chi connectivity index (χ3n) is 4.08. The largest absolute Gasteiger partial charge is 0.444 e. The first kappa shape index (κ1) is 20.0. The minimum absolute atomic E-state index is 0.0114. The molecular weight excluding hydrogens is 340 g/mol. The number of amides is 1. The third-order valence-corrected chi connectivity index (χ3v) is 4.45. The normalized spacial score (nSPS) is 19.6. The van der Waals surface area contributed by atoms with Crippen LogP contribution in [0.25, 0.3) is 0 Å². The Labute approximate surface area is 155 Å². The van der Waals surface area contributed by atoms with Crippen molar-refractivity contribution >= 4 is 17.7 Å². The Morgan fingerprint density at radius 2 is 2.16 bits per heavy atom. The van der Waals surface area contributed by atoms with Gasteiger partial charge in [0.2, 0.25) is 0 Å². The summed E-state index contributed by atoms with van der Waals surface area (Å²) < 4.78 is 11.1. The number of halogens is 1. The van der Waals surface area contributed by atoms with Crippen molar-refractivity contribution < 1.29 is 14.3 Å².